The van der Waals surface area contributed by atoms with Gasteiger partial charge in [0, 0.05) is 52.2 Å². The van der Waals surface area contributed by atoms with Crippen molar-refractivity contribution in [2.75, 3.05) is 0 Å². The van der Waals surface area contributed by atoms with Gasteiger partial charge in [-0.3, -0.25) is 9.97 Å². The zero-order valence-corrected chi connectivity index (χ0v) is 14.2. The summed E-state index contributed by atoms with van der Waals surface area (Å²) in [4.78, 5) is 12.0. The lowest BCUT2D eigenvalue weighted by atomic mass is 10.0. The largest absolute Gasteiger partial charge is 0.355 e. The Hall–Kier alpha value is -3.46. The van der Waals surface area contributed by atoms with Crippen LogP contribution in [0.25, 0.3) is 32.9 Å². The van der Waals surface area contributed by atoms with Crippen LogP contribution in [0.15, 0.2) is 85.5 Å². The molecular formula is C23H17N3. The molecule has 0 saturated heterocycles. The number of hydrogen-bond donors (Lipinski definition) is 1. The topological polar surface area (TPSA) is 41.6 Å². The summed E-state index contributed by atoms with van der Waals surface area (Å²) in [7, 11) is 0. The molecule has 0 atom stereocenters. The standard InChI is InChI=1S/C23H17N3/c1-3-17(14-24-9-1)11-16-5-7-20-21-13-18(19-4-2-10-25-15-19)6-8-22(21)26-23(20)12-16/h1-10,12-15,26H,11H2. The average molecular weight is 335 g/mol. The number of H-pyrrole nitrogens is 1. The summed E-state index contributed by atoms with van der Waals surface area (Å²) in [5.74, 6) is 0. The zero-order valence-electron chi connectivity index (χ0n) is 14.2. The van der Waals surface area contributed by atoms with Crippen molar-refractivity contribution < 1.29 is 0 Å². The van der Waals surface area contributed by atoms with Gasteiger partial charge in [-0.25, -0.2) is 0 Å². The number of fused-ring (bicyclic) bond motifs is 3. The summed E-state index contributed by atoms with van der Waals surface area (Å²) in [5.41, 5.74) is 7.16. The van der Waals surface area contributed by atoms with Crippen molar-refractivity contribution in [3.8, 4) is 11.1 Å². The van der Waals surface area contributed by atoms with Gasteiger partial charge in [0.15, 0.2) is 0 Å². The minimum Gasteiger partial charge on any atom is -0.355 e. The molecule has 3 heterocycles. The summed E-state index contributed by atoms with van der Waals surface area (Å²) in [6, 6.07) is 21.4. The Balaban J connectivity index is 1.58. The van der Waals surface area contributed by atoms with Crippen LogP contribution >= 0.6 is 0 Å². The number of rotatable bonds is 3. The second-order valence-electron chi connectivity index (χ2n) is 6.55. The molecule has 0 aliphatic heterocycles. The van der Waals surface area contributed by atoms with Crippen LogP contribution in [0.5, 0.6) is 0 Å². The first kappa shape index (κ1) is 14.8. The lowest BCUT2D eigenvalue weighted by molar-refractivity contribution is 1.15. The Labute approximate surface area is 151 Å². The Morgan fingerprint density at radius 1 is 0.654 bits per heavy atom. The molecule has 124 valence electrons. The summed E-state index contributed by atoms with van der Waals surface area (Å²) in [5, 5.41) is 2.50. The molecule has 0 fully saturated rings. The molecule has 5 aromatic rings. The van der Waals surface area contributed by atoms with E-state index in [1.165, 1.54) is 33.0 Å². The van der Waals surface area contributed by atoms with Crippen LogP contribution in [0, 0.1) is 0 Å². The van der Waals surface area contributed by atoms with E-state index in [0.717, 1.165) is 17.5 Å². The molecule has 2 aromatic carbocycles. The monoisotopic (exact) mass is 335 g/mol. The van der Waals surface area contributed by atoms with Gasteiger partial charge in [-0.15, -0.1) is 0 Å². The molecule has 0 radical (unpaired) electrons. The van der Waals surface area contributed by atoms with Gasteiger partial charge in [0.1, 0.15) is 0 Å². The van der Waals surface area contributed by atoms with E-state index in [0.29, 0.717) is 0 Å². The van der Waals surface area contributed by atoms with Crippen LogP contribution in [-0.2, 0) is 6.42 Å². The first-order valence-electron chi connectivity index (χ1n) is 8.70. The summed E-state index contributed by atoms with van der Waals surface area (Å²) >= 11 is 0. The molecule has 3 aromatic heterocycles. The Bertz CT molecular complexity index is 1190. The van der Waals surface area contributed by atoms with E-state index in [9.17, 15) is 0 Å². The van der Waals surface area contributed by atoms with Crippen LogP contribution in [0.3, 0.4) is 0 Å². The smallest absolute Gasteiger partial charge is 0.0467 e. The van der Waals surface area contributed by atoms with Gasteiger partial charge < -0.3 is 4.98 Å². The van der Waals surface area contributed by atoms with Gasteiger partial charge in [0.05, 0.1) is 0 Å². The quantitative estimate of drug-likeness (QED) is 0.481. The molecule has 0 unspecified atom stereocenters. The van der Waals surface area contributed by atoms with E-state index < -0.39 is 0 Å². The molecule has 3 nitrogen and oxygen atoms in total. The van der Waals surface area contributed by atoms with Crippen molar-refractivity contribution in [1.82, 2.24) is 15.0 Å². The van der Waals surface area contributed by atoms with Crippen LogP contribution < -0.4 is 0 Å². The first-order chi connectivity index (χ1) is 12.9. The van der Waals surface area contributed by atoms with E-state index in [1.807, 2.05) is 30.7 Å². The molecule has 1 N–H and O–H groups in total. The van der Waals surface area contributed by atoms with Crippen LogP contribution in [0.2, 0.25) is 0 Å². The highest BCUT2D eigenvalue weighted by Gasteiger charge is 2.07. The minimum atomic E-state index is 0.889. The van der Waals surface area contributed by atoms with Crippen LogP contribution in [0.1, 0.15) is 11.1 Å². The highest BCUT2D eigenvalue weighted by atomic mass is 14.7. The second-order valence-corrected chi connectivity index (χ2v) is 6.55. The van der Waals surface area contributed by atoms with Crippen molar-refractivity contribution in [2.45, 2.75) is 6.42 Å². The third-order valence-electron chi connectivity index (χ3n) is 4.79. The SMILES string of the molecule is c1cncc(Cc2ccc3c(c2)[nH]c2ccc(-c4cccnc4)cc23)c1. The number of nitrogens with zero attached hydrogens (tertiary/aromatic N) is 2. The Morgan fingerprint density at radius 3 is 2.35 bits per heavy atom. The molecular weight excluding hydrogens is 318 g/mol. The van der Waals surface area contributed by atoms with Gasteiger partial charge in [-0.1, -0.05) is 30.3 Å². The van der Waals surface area contributed by atoms with E-state index in [1.54, 1.807) is 6.20 Å². The highest BCUT2D eigenvalue weighted by molar-refractivity contribution is 6.08. The molecule has 0 bridgehead atoms. The predicted octanol–water partition coefficient (Wildman–Crippen LogP) is 5.37. The Kier molecular flexibility index (Phi) is 3.49. The van der Waals surface area contributed by atoms with E-state index in [4.69, 9.17) is 0 Å². The van der Waals surface area contributed by atoms with Gasteiger partial charge in [-0.2, -0.15) is 0 Å². The average Bonchev–Trinajstić information content (AvgIpc) is 3.06. The third-order valence-corrected chi connectivity index (χ3v) is 4.79. The number of aromatic amines is 1. The lowest BCUT2D eigenvalue weighted by Gasteiger charge is -2.02. The molecule has 26 heavy (non-hydrogen) atoms. The van der Waals surface area contributed by atoms with Crippen LogP contribution in [-0.4, -0.2) is 15.0 Å². The normalized spacial score (nSPS) is 11.2. The molecule has 0 spiro atoms. The number of pyridine rings is 2. The molecule has 0 aliphatic carbocycles. The van der Waals surface area contributed by atoms with Crippen molar-refractivity contribution >= 4 is 21.8 Å². The van der Waals surface area contributed by atoms with Gasteiger partial charge in [-0.05, 0) is 53.4 Å². The fourth-order valence-corrected chi connectivity index (χ4v) is 3.51. The maximum Gasteiger partial charge on any atom is 0.0467 e. The minimum absolute atomic E-state index is 0.889. The van der Waals surface area contributed by atoms with Crippen LogP contribution in [0.4, 0.5) is 0 Å². The lowest BCUT2D eigenvalue weighted by Crippen LogP contribution is -1.88. The fourth-order valence-electron chi connectivity index (χ4n) is 3.51. The van der Waals surface area contributed by atoms with Gasteiger partial charge >= 0.3 is 0 Å². The molecule has 5 rings (SSSR count). The number of hydrogen-bond acceptors (Lipinski definition) is 2. The maximum atomic E-state index is 4.23. The highest BCUT2D eigenvalue weighted by Crippen LogP contribution is 2.30. The Morgan fingerprint density at radius 2 is 1.54 bits per heavy atom. The van der Waals surface area contributed by atoms with Crippen molar-refractivity contribution in [1.29, 1.82) is 0 Å². The number of benzene rings is 2. The second kappa shape index (κ2) is 6.12. The maximum absolute atomic E-state index is 4.23. The predicted molar refractivity (Wildman–Crippen MR) is 106 cm³/mol. The summed E-state index contributed by atoms with van der Waals surface area (Å²) in [6.45, 7) is 0. The van der Waals surface area contributed by atoms with Gasteiger partial charge in [0.2, 0.25) is 0 Å². The van der Waals surface area contributed by atoms with E-state index in [2.05, 4.69) is 63.5 Å². The van der Waals surface area contributed by atoms with Crippen molar-refractivity contribution in [2.24, 2.45) is 0 Å². The van der Waals surface area contributed by atoms with E-state index in [-0.39, 0.29) is 0 Å². The van der Waals surface area contributed by atoms with Crippen molar-refractivity contribution in [3.05, 3.63) is 96.6 Å². The summed E-state index contributed by atoms with van der Waals surface area (Å²) in [6.07, 6.45) is 8.33. The fraction of sp³-hybridized carbons (Fsp3) is 0.0435. The number of nitrogens with one attached hydrogen (secondary N) is 1. The van der Waals surface area contributed by atoms with E-state index >= 15 is 0 Å². The van der Waals surface area contributed by atoms with Crippen molar-refractivity contribution in [3.63, 3.8) is 0 Å². The molecule has 0 aliphatic rings. The molecule has 3 heteroatoms. The summed E-state index contributed by atoms with van der Waals surface area (Å²) < 4.78 is 0. The first-order valence-corrected chi connectivity index (χ1v) is 8.70. The molecule has 0 saturated carbocycles. The van der Waals surface area contributed by atoms with Gasteiger partial charge in [0.25, 0.3) is 0 Å². The zero-order chi connectivity index (χ0) is 17.3. The number of aromatic nitrogens is 3. The molecule has 0 amide bonds. The third kappa shape index (κ3) is 2.64.